The van der Waals surface area contributed by atoms with Gasteiger partial charge in [0.1, 0.15) is 10.7 Å². The van der Waals surface area contributed by atoms with Gasteiger partial charge < -0.3 is 10.6 Å². The maximum absolute atomic E-state index is 13.8. The summed E-state index contributed by atoms with van der Waals surface area (Å²) in [6, 6.07) is 4.22. The molecule has 0 radical (unpaired) electrons. The molecule has 1 aliphatic heterocycles. The van der Waals surface area contributed by atoms with Crippen LogP contribution in [-0.4, -0.2) is 56.0 Å². The van der Waals surface area contributed by atoms with Crippen molar-refractivity contribution in [3.05, 3.63) is 35.1 Å². The summed E-state index contributed by atoms with van der Waals surface area (Å²) >= 11 is 1.44. The molecule has 1 aliphatic rings. The minimum atomic E-state index is -3.07. The Morgan fingerprint density at radius 3 is 2.93 bits per heavy atom. The predicted molar refractivity (Wildman–Crippen MR) is 101 cm³/mol. The highest BCUT2D eigenvalue weighted by Gasteiger charge is 2.43. The van der Waals surface area contributed by atoms with Gasteiger partial charge >= 0.3 is 0 Å². The Balaban J connectivity index is 1.55. The molecular weight excluding hydrogens is 386 g/mol. The second-order valence-electron chi connectivity index (χ2n) is 6.84. The van der Waals surface area contributed by atoms with Crippen LogP contribution in [0.3, 0.4) is 0 Å². The van der Waals surface area contributed by atoms with E-state index >= 15 is 0 Å². The van der Waals surface area contributed by atoms with Crippen LogP contribution in [-0.2, 0) is 11.2 Å². The molecule has 0 saturated carbocycles. The second kappa shape index (κ2) is 7.10. The van der Waals surface area contributed by atoms with Gasteiger partial charge in [-0.3, -0.25) is 9.78 Å². The monoisotopic (exact) mass is 404 g/mol. The molecule has 1 atom stereocenters. The van der Waals surface area contributed by atoms with Gasteiger partial charge in [-0.25, -0.2) is 13.8 Å². The van der Waals surface area contributed by atoms with Crippen LogP contribution in [0.15, 0.2) is 24.4 Å². The normalized spacial score (nSPS) is 19.1. The van der Waals surface area contributed by atoms with Gasteiger partial charge in [0.2, 0.25) is 5.91 Å². The van der Waals surface area contributed by atoms with Gasteiger partial charge in [-0.05, 0) is 31.5 Å². The number of carbonyl (C=O) groups is 1. The van der Waals surface area contributed by atoms with Crippen molar-refractivity contribution in [1.29, 1.82) is 0 Å². The highest BCUT2D eigenvalue weighted by molar-refractivity contribution is 7.14. The van der Waals surface area contributed by atoms with E-state index < -0.39 is 24.4 Å². The van der Waals surface area contributed by atoms with Crippen molar-refractivity contribution >= 4 is 28.1 Å². The van der Waals surface area contributed by atoms with E-state index in [1.54, 1.807) is 12.3 Å². The van der Waals surface area contributed by atoms with Crippen LogP contribution in [0.5, 0.6) is 0 Å². The third-order valence-electron chi connectivity index (χ3n) is 4.71. The number of pyridine rings is 2. The highest BCUT2D eigenvalue weighted by Crippen LogP contribution is 2.27. The molecule has 3 aromatic rings. The zero-order valence-corrected chi connectivity index (χ0v) is 15.9. The van der Waals surface area contributed by atoms with E-state index in [9.17, 15) is 13.6 Å². The fraction of sp³-hybridized carbons (Fsp3) is 0.389. The number of rotatable bonds is 3. The lowest BCUT2D eigenvalue weighted by atomic mass is 10.0. The number of nitrogens with zero attached hydrogens (tertiary/aromatic N) is 5. The van der Waals surface area contributed by atoms with E-state index in [-0.39, 0.29) is 19.4 Å². The van der Waals surface area contributed by atoms with E-state index in [0.717, 1.165) is 15.3 Å². The molecular formula is C18H18F2N6OS. The summed E-state index contributed by atoms with van der Waals surface area (Å²) in [4.78, 5) is 22.5. The Hall–Kier alpha value is -2.59. The molecule has 7 nitrogen and oxygen atoms in total. The molecule has 1 fully saturated rings. The van der Waals surface area contributed by atoms with E-state index in [4.69, 9.17) is 5.73 Å². The maximum Gasteiger partial charge on any atom is 0.280 e. The van der Waals surface area contributed by atoms with Gasteiger partial charge in [0.05, 0.1) is 30.2 Å². The number of halogens is 2. The van der Waals surface area contributed by atoms with Crippen molar-refractivity contribution < 1.29 is 13.6 Å². The molecule has 1 unspecified atom stereocenters. The zero-order chi connectivity index (χ0) is 19.9. The topological polar surface area (TPSA) is 97.9 Å². The van der Waals surface area contributed by atoms with Gasteiger partial charge in [0.15, 0.2) is 5.01 Å². The lowest BCUT2D eigenvalue weighted by Gasteiger charge is -2.36. The molecule has 2 N–H and O–H groups in total. The molecule has 4 rings (SSSR count). The molecule has 1 amide bonds. The number of carbonyl (C=O) groups excluding carboxylic acids is 1. The zero-order valence-electron chi connectivity index (χ0n) is 15.1. The van der Waals surface area contributed by atoms with Gasteiger partial charge in [-0.2, -0.15) is 0 Å². The summed E-state index contributed by atoms with van der Waals surface area (Å²) in [7, 11) is 0. The van der Waals surface area contributed by atoms with Crippen molar-refractivity contribution in [2.45, 2.75) is 31.7 Å². The molecule has 4 heterocycles. The molecule has 146 valence electrons. The Morgan fingerprint density at radius 1 is 1.39 bits per heavy atom. The number of piperidine rings is 1. The minimum absolute atomic E-state index is 0.0644. The summed E-state index contributed by atoms with van der Waals surface area (Å²) in [6.45, 7) is 1.44. The van der Waals surface area contributed by atoms with Crippen LogP contribution in [0.25, 0.3) is 21.6 Å². The molecule has 10 heteroatoms. The summed E-state index contributed by atoms with van der Waals surface area (Å²) in [6.07, 6.45) is 1.64. The summed E-state index contributed by atoms with van der Waals surface area (Å²) < 4.78 is 27.6. The Kier molecular flexibility index (Phi) is 4.76. The van der Waals surface area contributed by atoms with Crippen molar-refractivity contribution in [3.8, 4) is 10.7 Å². The van der Waals surface area contributed by atoms with Crippen LogP contribution >= 0.6 is 11.3 Å². The number of alkyl halides is 2. The van der Waals surface area contributed by atoms with Gasteiger partial charge in [0.25, 0.3) is 5.92 Å². The first-order valence-electron chi connectivity index (χ1n) is 8.79. The number of fused-ring (bicyclic) bond motifs is 1. The van der Waals surface area contributed by atoms with Crippen LogP contribution in [0.2, 0.25) is 0 Å². The van der Waals surface area contributed by atoms with E-state index in [0.29, 0.717) is 21.9 Å². The Labute approximate surface area is 163 Å². The molecule has 0 aromatic carbocycles. The third kappa shape index (κ3) is 3.69. The predicted octanol–water partition coefficient (Wildman–Crippen LogP) is 2.19. The van der Waals surface area contributed by atoms with Gasteiger partial charge in [0, 0.05) is 18.1 Å². The molecule has 1 saturated heterocycles. The highest BCUT2D eigenvalue weighted by atomic mass is 32.1. The first kappa shape index (κ1) is 18.8. The van der Waals surface area contributed by atoms with Crippen molar-refractivity contribution in [2.75, 3.05) is 13.1 Å². The smallest absolute Gasteiger partial charge is 0.280 e. The average Bonchev–Trinajstić information content (AvgIpc) is 3.09. The minimum Gasteiger partial charge on any atom is -0.336 e. The lowest BCUT2D eigenvalue weighted by Crippen LogP contribution is -2.56. The molecule has 3 aromatic heterocycles. The summed E-state index contributed by atoms with van der Waals surface area (Å²) in [5.41, 5.74) is 7.26. The molecule has 0 bridgehead atoms. The fourth-order valence-electron chi connectivity index (χ4n) is 3.11. The number of aromatic nitrogens is 4. The van der Waals surface area contributed by atoms with Gasteiger partial charge in [-0.1, -0.05) is 11.3 Å². The van der Waals surface area contributed by atoms with Crippen molar-refractivity contribution in [3.63, 3.8) is 0 Å². The van der Waals surface area contributed by atoms with Gasteiger partial charge in [-0.15, -0.1) is 10.2 Å². The largest absolute Gasteiger partial charge is 0.336 e. The van der Waals surface area contributed by atoms with Crippen molar-refractivity contribution in [1.82, 2.24) is 25.1 Å². The maximum atomic E-state index is 13.8. The Bertz CT molecular complexity index is 1040. The van der Waals surface area contributed by atoms with Crippen molar-refractivity contribution in [2.24, 2.45) is 5.73 Å². The SMILES string of the molecule is Cc1nnc(-c2ccc3cnc(CC(=O)N4CCC(N)C(F)(F)C4)cc3n2)s1. The van der Waals surface area contributed by atoms with Crippen LogP contribution in [0.1, 0.15) is 17.1 Å². The van der Waals surface area contributed by atoms with E-state index in [2.05, 4.69) is 20.2 Å². The molecule has 0 spiro atoms. The lowest BCUT2D eigenvalue weighted by molar-refractivity contribution is -0.143. The first-order chi connectivity index (χ1) is 13.3. The van der Waals surface area contributed by atoms with Crippen LogP contribution < -0.4 is 5.73 Å². The number of aryl methyl sites for hydroxylation is 1. The molecule has 28 heavy (non-hydrogen) atoms. The third-order valence-corrected chi connectivity index (χ3v) is 5.58. The second-order valence-corrected chi connectivity index (χ2v) is 8.02. The van der Waals surface area contributed by atoms with E-state index in [1.807, 2.05) is 19.1 Å². The van der Waals surface area contributed by atoms with Crippen LogP contribution in [0, 0.1) is 6.92 Å². The number of hydrogen-bond acceptors (Lipinski definition) is 7. The Morgan fingerprint density at radius 2 is 2.21 bits per heavy atom. The standard InChI is InChI=1S/C18H18F2N6OS/c1-10-24-25-17(28-10)13-3-2-11-8-22-12(6-14(11)23-13)7-16(27)26-5-4-15(21)18(19,20)9-26/h2-3,6,8,15H,4-5,7,9,21H2,1H3. The average molecular weight is 404 g/mol. The number of amides is 1. The summed E-state index contributed by atoms with van der Waals surface area (Å²) in [5, 5.41) is 10.5. The van der Waals surface area contributed by atoms with Crippen LogP contribution in [0.4, 0.5) is 8.78 Å². The first-order valence-corrected chi connectivity index (χ1v) is 9.61. The molecule has 0 aliphatic carbocycles. The quantitative estimate of drug-likeness (QED) is 0.719. The number of nitrogens with two attached hydrogens (primary N) is 1. The van der Waals surface area contributed by atoms with E-state index in [1.165, 1.54) is 11.3 Å². The number of likely N-dealkylation sites (tertiary alicyclic amines) is 1. The summed E-state index contributed by atoms with van der Waals surface area (Å²) in [5.74, 6) is -3.46. The number of hydrogen-bond donors (Lipinski definition) is 1. The fourth-order valence-corrected chi connectivity index (χ4v) is 3.77.